The molecular weight excluding hydrogens is 410 g/mol. The SMILES string of the molecule is Cc1ccccc1C(=O)N[C@H](c1ccccn1)C1CCN(Cc2cnc(C(C)C)nc2)CC1. The second-order valence-corrected chi connectivity index (χ2v) is 9.24. The predicted molar refractivity (Wildman–Crippen MR) is 130 cm³/mol. The number of nitrogens with one attached hydrogen (secondary N) is 1. The van der Waals surface area contributed by atoms with Gasteiger partial charge in [-0.05, 0) is 62.5 Å². The maximum absolute atomic E-state index is 13.1. The van der Waals surface area contributed by atoms with Gasteiger partial charge in [-0.15, -0.1) is 0 Å². The van der Waals surface area contributed by atoms with Crippen molar-refractivity contribution < 1.29 is 4.79 Å². The number of likely N-dealkylation sites (tertiary alicyclic amines) is 1. The molecule has 3 aromatic rings. The highest BCUT2D eigenvalue weighted by atomic mass is 16.1. The Morgan fingerprint density at radius 3 is 2.36 bits per heavy atom. The first-order valence-corrected chi connectivity index (χ1v) is 11.8. The largest absolute Gasteiger partial charge is 0.343 e. The summed E-state index contributed by atoms with van der Waals surface area (Å²) in [5.41, 5.74) is 3.78. The average molecular weight is 444 g/mol. The third kappa shape index (κ3) is 5.82. The van der Waals surface area contributed by atoms with Crippen molar-refractivity contribution in [2.75, 3.05) is 13.1 Å². The molecule has 3 heterocycles. The molecule has 0 unspecified atom stereocenters. The summed E-state index contributed by atoms with van der Waals surface area (Å²) in [5.74, 6) is 1.53. The number of carbonyl (C=O) groups is 1. The van der Waals surface area contributed by atoms with E-state index in [0.717, 1.165) is 60.7 Å². The number of aromatic nitrogens is 3. The molecule has 6 nitrogen and oxygen atoms in total. The first-order valence-electron chi connectivity index (χ1n) is 11.8. The third-order valence-electron chi connectivity index (χ3n) is 6.43. The molecule has 0 spiro atoms. The summed E-state index contributed by atoms with van der Waals surface area (Å²) >= 11 is 0. The minimum atomic E-state index is -0.103. The molecule has 0 aliphatic carbocycles. The molecule has 1 saturated heterocycles. The molecule has 1 atom stereocenters. The van der Waals surface area contributed by atoms with Gasteiger partial charge in [0.15, 0.2) is 0 Å². The zero-order chi connectivity index (χ0) is 23.2. The molecule has 2 aromatic heterocycles. The van der Waals surface area contributed by atoms with Crippen LogP contribution in [0.15, 0.2) is 61.1 Å². The van der Waals surface area contributed by atoms with E-state index in [1.165, 1.54) is 0 Å². The Morgan fingerprint density at radius 2 is 1.73 bits per heavy atom. The number of piperidine rings is 1. The summed E-state index contributed by atoms with van der Waals surface area (Å²) in [5, 5.41) is 3.30. The molecule has 1 fully saturated rings. The van der Waals surface area contributed by atoms with E-state index in [4.69, 9.17) is 0 Å². The van der Waals surface area contributed by atoms with Crippen LogP contribution < -0.4 is 5.32 Å². The van der Waals surface area contributed by atoms with Gasteiger partial charge in [0, 0.05) is 42.2 Å². The first-order chi connectivity index (χ1) is 16.0. The lowest BCUT2D eigenvalue weighted by molar-refractivity contribution is 0.0887. The highest BCUT2D eigenvalue weighted by Crippen LogP contribution is 2.31. The minimum absolute atomic E-state index is 0.0337. The molecular formula is C27H33N5O. The van der Waals surface area contributed by atoms with Crippen LogP contribution in [0.4, 0.5) is 0 Å². The van der Waals surface area contributed by atoms with E-state index in [1.54, 1.807) is 6.20 Å². The van der Waals surface area contributed by atoms with Gasteiger partial charge in [0.25, 0.3) is 5.91 Å². The van der Waals surface area contributed by atoms with Crippen molar-refractivity contribution in [2.24, 2.45) is 5.92 Å². The fraction of sp³-hybridized carbons (Fsp3) is 0.407. The van der Waals surface area contributed by atoms with Gasteiger partial charge in [-0.1, -0.05) is 38.1 Å². The van der Waals surface area contributed by atoms with E-state index < -0.39 is 0 Å². The Labute approximate surface area is 196 Å². The van der Waals surface area contributed by atoms with E-state index in [0.29, 0.717) is 11.8 Å². The van der Waals surface area contributed by atoms with Crippen LogP contribution >= 0.6 is 0 Å². The van der Waals surface area contributed by atoms with Crippen LogP contribution in [0.25, 0.3) is 0 Å². The van der Waals surface area contributed by atoms with Gasteiger partial charge in [-0.2, -0.15) is 0 Å². The lowest BCUT2D eigenvalue weighted by atomic mass is 9.87. The summed E-state index contributed by atoms with van der Waals surface area (Å²) in [7, 11) is 0. The smallest absolute Gasteiger partial charge is 0.252 e. The zero-order valence-electron chi connectivity index (χ0n) is 19.7. The summed E-state index contributed by atoms with van der Waals surface area (Å²) in [6.07, 6.45) is 7.71. The van der Waals surface area contributed by atoms with E-state index >= 15 is 0 Å². The van der Waals surface area contributed by atoms with Crippen LogP contribution in [0, 0.1) is 12.8 Å². The number of rotatable bonds is 7. The normalized spacial score (nSPS) is 16.0. The quantitative estimate of drug-likeness (QED) is 0.574. The van der Waals surface area contributed by atoms with E-state index in [-0.39, 0.29) is 11.9 Å². The maximum atomic E-state index is 13.1. The number of amides is 1. The van der Waals surface area contributed by atoms with Crippen molar-refractivity contribution in [3.05, 3.63) is 89.3 Å². The summed E-state index contributed by atoms with van der Waals surface area (Å²) in [6.45, 7) is 8.99. The van der Waals surface area contributed by atoms with Crippen LogP contribution in [0.5, 0.6) is 0 Å². The molecule has 172 valence electrons. The minimum Gasteiger partial charge on any atom is -0.343 e. The molecule has 4 rings (SSSR count). The predicted octanol–water partition coefficient (Wildman–Crippen LogP) is 4.69. The van der Waals surface area contributed by atoms with Crippen molar-refractivity contribution in [1.82, 2.24) is 25.2 Å². The van der Waals surface area contributed by atoms with E-state index in [2.05, 4.69) is 39.0 Å². The lowest BCUT2D eigenvalue weighted by Gasteiger charge is -2.36. The molecule has 33 heavy (non-hydrogen) atoms. The zero-order valence-corrected chi connectivity index (χ0v) is 19.7. The number of aryl methyl sites for hydroxylation is 1. The van der Waals surface area contributed by atoms with Gasteiger partial charge >= 0.3 is 0 Å². The van der Waals surface area contributed by atoms with Crippen LogP contribution in [0.1, 0.15) is 71.7 Å². The molecule has 0 saturated carbocycles. The van der Waals surface area contributed by atoms with Crippen molar-refractivity contribution in [3.8, 4) is 0 Å². The fourth-order valence-corrected chi connectivity index (χ4v) is 4.49. The van der Waals surface area contributed by atoms with E-state index in [9.17, 15) is 4.79 Å². The summed E-state index contributed by atoms with van der Waals surface area (Å²) < 4.78 is 0. The molecule has 1 aliphatic rings. The number of carbonyl (C=O) groups excluding carboxylic acids is 1. The van der Waals surface area contributed by atoms with Crippen LogP contribution in [0.3, 0.4) is 0 Å². The number of nitrogens with zero attached hydrogens (tertiary/aromatic N) is 4. The Balaban J connectivity index is 1.42. The van der Waals surface area contributed by atoms with Crippen molar-refractivity contribution in [3.63, 3.8) is 0 Å². The molecule has 0 bridgehead atoms. The highest BCUT2D eigenvalue weighted by Gasteiger charge is 2.30. The number of hydrogen-bond donors (Lipinski definition) is 1. The first kappa shape index (κ1) is 23.1. The van der Waals surface area contributed by atoms with Crippen LogP contribution in [-0.2, 0) is 6.54 Å². The molecule has 6 heteroatoms. The summed E-state index contributed by atoms with van der Waals surface area (Å²) in [6, 6.07) is 13.5. The topological polar surface area (TPSA) is 71.0 Å². The molecule has 1 aromatic carbocycles. The highest BCUT2D eigenvalue weighted by molar-refractivity contribution is 5.95. The number of benzene rings is 1. The average Bonchev–Trinajstić information content (AvgIpc) is 2.84. The lowest BCUT2D eigenvalue weighted by Crippen LogP contribution is -2.41. The van der Waals surface area contributed by atoms with Gasteiger partial charge in [-0.25, -0.2) is 9.97 Å². The second-order valence-electron chi connectivity index (χ2n) is 9.24. The third-order valence-corrected chi connectivity index (χ3v) is 6.43. The van der Waals surface area contributed by atoms with Crippen molar-refractivity contribution in [2.45, 2.75) is 52.1 Å². The van der Waals surface area contributed by atoms with Crippen molar-refractivity contribution in [1.29, 1.82) is 0 Å². The van der Waals surface area contributed by atoms with Gasteiger partial charge in [-0.3, -0.25) is 14.7 Å². The molecule has 1 amide bonds. The maximum Gasteiger partial charge on any atom is 0.252 e. The molecule has 0 radical (unpaired) electrons. The Bertz CT molecular complexity index is 1040. The standard InChI is InChI=1S/C27H33N5O/c1-19(2)26-29-16-21(17-30-26)18-32-14-11-22(12-15-32)25(24-10-6-7-13-28-24)31-27(33)23-9-5-4-8-20(23)3/h4-10,13,16-17,19,22,25H,11-12,14-15,18H2,1-3H3,(H,31,33)/t25-/m0/s1. The van der Waals surface area contributed by atoms with E-state index in [1.807, 2.05) is 61.8 Å². The van der Waals surface area contributed by atoms with Crippen LogP contribution in [0.2, 0.25) is 0 Å². The number of pyridine rings is 1. The molecule has 1 N–H and O–H groups in total. The van der Waals surface area contributed by atoms with Gasteiger partial charge in [0.05, 0.1) is 11.7 Å². The Morgan fingerprint density at radius 1 is 1.03 bits per heavy atom. The van der Waals surface area contributed by atoms with Gasteiger partial charge < -0.3 is 5.32 Å². The Hall–Kier alpha value is -3.12. The van der Waals surface area contributed by atoms with Crippen molar-refractivity contribution >= 4 is 5.91 Å². The second kappa shape index (κ2) is 10.7. The number of hydrogen-bond acceptors (Lipinski definition) is 5. The monoisotopic (exact) mass is 443 g/mol. The summed E-state index contributed by atoms with van der Waals surface area (Å²) in [4.78, 5) is 29.1. The van der Waals surface area contributed by atoms with Gasteiger partial charge in [0.1, 0.15) is 5.82 Å². The van der Waals surface area contributed by atoms with Gasteiger partial charge in [0.2, 0.25) is 0 Å². The fourth-order valence-electron chi connectivity index (χ4n) is 4.49. The molecule has 1 aliphatic heterocycles. The van der Waals surface area contributed by atoms with Crippen LogP contribution in [-0.4, -0.2) is 38.8 Å². The Kier molecular flexibility index (Phi) is 7.45.